The second-order valence-corrected chi connectivity index (χ2v) is 5.08. The van der Waals surface area contributed by atoms with Crippen LogP contribution in [0.2, 0.25) is 0 Å². The lowest BCUT2D eigenvalue weighted by atomic mass is 9.91. The zero-order chi connectivity index (χ0) is 15.1. The zero-order valence-electron chi connectivity index (χ0n) is 10.7. The molecular formula is C15H11ClO5. The number of esters is 2. The topological polar surface area (TPSA) is 83.8 Å². The fourth-order valence-corrected chi connectivity index (χ4v) is 2.68. The molecule has 2 unspecified atom stereocenters. The molecule has 0 fully saturated rings. The van der Waals surface area contributed by atoms with Gasteiger partial charge in [0.25, 0.3) is 0 Å². The number of carbonyl (C=O) groups is 2. The molecule has 1 heterocycles. The fourth-order valence-electron chi connectivity index (χ4n) is 2.51. The first kappa shape index (κ1) is 14.0. The number of alkyl halides is 1. The second-order valence-electron chi connectivity index (χ2n) is 4.77. The van der Waals surface area contributed by atoms with Gasteiger partial charge in [0.2, 0.25) is 0 Å². The second kappa shape index (κ2) is 5.11. The predicted octanol–water partition coefficient (Wildman–Crippen LogP) is 1.78. The summed E-state index contributed by atoms with van der Waals surface area (Å²) in [4.78, 5) is 23.6. The molecule has 0 saturated carbocycles. The molecule has 0 amide bonds. The van der Waals surface area contributed by atoms with E-state index in [0.717, 1.165) is 0 Å². The molecule has 0 aromatic heterocycles. The Hall–Kier alpha value is -1.95. The summed E-state index contributed by atoms with van der Waals surface area (Å²) in [5.74, 6) is -1.57. The third-order valence-corrected chi connectivity index (χ3v) is 3.86. The first-order valence-corrected chi connectivity index (χ1v) is 6.82. The van der Waals surface area contributed by atoms with Gasteiger partial charge in [0, 0.05) is 5.39 Å². The van der Waals surface area contributed by atoms with E-state index in [1.807, 2.05) is 0 Å². The number of carbonyl (C=O) groups excluding carboxylic acids is 2. The monoisotopic (exact) mass is 306 g/mol. The van der Waals surface area contributed by atoms with Gasteiger partial charge in [-0.3, -0.25) is 0 Å². The molecule has 21 heavy (non-hydrogen) atoms. The van der Waals surface area contributed by atoms with Crippen molar-refractivity contribution in [2.24, 2.45) is 0 Å². The van der Waals surface area contributed by atoms with Crippen LogP contribution in [0, 0.1) is 0 Å². The first-order chi connectivity index (χ1) is 10.0. The number of cyclic esters (lactones) is 2. The third kappa shape index (κ3) is 2.10. The molecule has 1 aliphatic heterocycles. The van der Waals surface area contributed by atoms with Crippen molar-refractivity contribution >= 4 is 34.3 Å². The molecule has 2 aromatic carbocycles. The van der Waals surface area contributed by atoms with Crippen LogP contribution in [-0.4, -0.2) is 34.1 Å². The van der Waals surface area contributed by atoms with E-state index in [1.165, 1.54) is 12.1 Å². The predicted molar refractivity (Wildman–Crippen MR) is 75.4 cm³/mol. The molecule has 6 heteroatoms. The van der Waals surface area contributed by atoms with Crippen LogP contribution in [0.15, 0.2) is 30.3 Å². The van der Waals surface area contributed by atoms with Crippen LogP contribution in [0.25, 0.3) is 10.8 Å². The fraction of sp³-hybridized carbons (Fsp3) is 0.200. The average molecular weight is 307 g/mol. The van der Waals surface area contributed by atoms with Gasteiger partial charge in [0.15, 0.2) is 0 Å². The standard InChI is InChI=1S/C15H11ClO5/c16-6-11(17)13(18)8-4-5-10-12-7(8)2-1-3-9(12)14(19)21-15(10)20/h1-5,11,13,17-18H,6H2. The largest absolute Gasteiger partial charge is 0.389 e. The summed E-state index contributed by atoms with van der Waals surface area (Å²) in [5.41, 5.74) is 0.930. The highest BCUT2D eigenvalue weighted by Gasteiger charge is 2.29. The molecule has 1 aliphatic rings. The van der Waals surface area contributed by atoms with Crippen LogP contribution in [0.5, 0.6) is 0 Å². The Balaban J connectivity index is 2.31. The van der Waals surface area contributed by atoms with E-state index >= 15 is 0 Å². The van der Waals surface area contributed by atoms with Crippen LogP contribution >= 0.6 is 11.6 Å². The number of hydrogen-bond donors (Lipinski definition) is 2. The maximum absolute atomic E-state index is 11.8. The van der Waals surface area contributed by atoms with Crippen LogP contribution in [0.3, 0.4) is 0 Å². The number of ether oxygens (including phenoxy) is 1. The number of aliphatic hydroxyl groups is 2. The van der Waals surface area contributed by atoms with Gasteiger partial charge in [-0.25, -0.2) is 9.59 Å². The average Bonchev–Trinajstić information content (AvgIpc) is 2.50. The van der Waals surface area contributed by atoms with Gasteiger partial charge in [-0.2, -0.15) is 0 Å². The highest BCUT2D eigenvalue weighted by atomic mass is 35.5. The van der Waals surface area contributed by atoms with Gasteiger partial charge in [0.05, 0.1) is 23.1 Å². The number of hydrogen-bond acceptors (Lipinski definition) is 5. The van der Waals surface area contributed by atoms with E-state index in [9.17, 15) is 19.8 Å². The SMILES string of the molecule is O=C1OC(=O)c2ccc(C(O)C(O)CCl)c3cccc1c23. The van der Waals surface area contributed by atoms with Crippen molar-refractivity contribution in [2.45, 2.75) is 12.2 Å². The Labute approximate surface area is 124 Å². The maximum Gasteiger partial charge on any atom is 0.346 e. The normalized spacial score (nSPS) is 16.7. The van der Waals surface area contributed by atoms with E-state index in [4.69, 9.17) is 11.6 Å². The molecule has 2 atom stereocenters. The Bertz CT molecular complexity index is 735. The van der Waals surface area contributed by atoms with Gasteiger partial charge in [0.1, 0.15) is 6.10 Å². The van der Waals surface area contributed by atoms with Crippen LogP contribution < -0.4 is 0 Å². The Morgan fingerprint density at radius 1 is 1.05 bits per heavy atom. The van der Waals surface area contributed by atoms with Crippen molar-refractivity contribution in [1.82, 2.24) is 0 Å². The molecule has 108 valence electrons. The maximum atomic E-state index is 11.8. The van der Waals surface area contributed by atoms with E-state index < -0.39 is 24.1 Å². The van der Waals surface area contributed by atoms with Crippen molar-refractivity contribution in [3.63, 3.8) is 0 Å². The number of halogens is 1. The zero-order valence-corrected chi connectivity index (χ0v) is 11.5. The molecule has 0 bridgehead atoms. The molecule has 0 saturated heterocycles. The summed E-state index contributed by atoms with van der Waals surface area (Å²) in [7, 11) is 0. The van der Waals surface area contributed by atoms with Crippen molar-refractivity contribution < 1.29 is 24.5 Å². The number of benzene rings is 2. The van der Waals surface area contributed by atoms with Gasteiger partial charge >= 0.3 is 11.9 Å². The van der Waals surface area contributed by atoms with Crippen molar-refractivity contribution in [1.29, 1.82) is 0 Å². The Morgan fingerprint density at radius 3 is 2.38 bits per heavy atom. The Kier molecular flexibility index (Phi) is 3.41. The first-order valence-electron chi connectivity index (χ1n) is 6.29. The summed E-state index contributed by atoms with van der Waals surface area (Å²) in [6.07, 6.45) is -2.35. The molecule has 2 N–H and O–H groups in total. The molecule has 0 radical (unpaired) electrons. The summed E-state index contributed by atoms with van der Waals surface area (Å²) in [6, 6.07) is 7.85. The van der Waals surface area contributed by atoms with Gasteiger partial charge < -0.3 is 14.9 Å². The summed E-state index contributed by atoms with van der Waals surface area (Å²) >= 11 is 5.56. The Morgan fingerprint density at radius 2 is 1.71 bits per heavy atom. The minimum absolute atomic E-state index is 0.134. The molecule has 0 spiro atoms. The van der Waals surface area contributed by atoms with E-state index in [-0.39, 0.29) is 17.0 Å². The smallest absolute Gasteiger partial charge is 0.346 e. The minimum atomic E-state index is -1.21. The lowest BCUT2D eigenvalue weighted by molar-refractivity contribution is 0.0335. The highest BCUT2D eigenvalue weighted by Crippen LogP contribution is 2.34. The molecule has 2 aromatic rings. The highest BCUT2D eigenvalue weighted by molar-refractivity contribution is 6.21. The van der Waals surface area contributed by atoms with E-state index in [1.54, 1.807) is 18.2 Å². The lowest BCUT2D eigenvalue weighted by Crippen LogP contribution is -2.22. The molecular weight excluding hydrogens is 296 g/mol. The van der Waals surface area contributed by atoms with Gasteiger partial charge in [-0.1, -0.05) is 18.2 Å². The summed E-state index contributed by atoms with van der Waals surface area (Å²) < 4.78 is 4.66. The number of aliphatic hydroxyl groups excluding tert-OH is 2. The van der Waals surface area contributed by atoms with Crippen LogP contribution in [-0.2, 0) is 4.74 Å². The van der Waals surface area contributed by atoms with E-state index in [0.29, 0.717) is 16.3 Å². The van der Waals surface area contributed by atoms with Gasteiger partial charge in [-0.15, -0.1) is 11.6 Å². The van der Waals surface area contributed by atoms with Crippen LogP contribution in [0.4, 0.5) is 0 Å². The van der Waals surface area contributed by atoms with Crippen LogP contribution in [0.1, 0.15) is 32.4 Å². The minimum Gasteiger partial charge on any atom is -0.389 e. The molecule has 0 aliphatic carbocycles. The molecule has 3 rings (SSSR count). The quantitative estimate of drug-likeness (QED) is 0.513. The van der Waals surface area contributed by atoms with Crippen molar-refractivity contribution in [2.75, 3.05) is 5.88 Å². The number of rotatable bonds is 3. The van der Waals surface area contributed by atoms with Crippen molar-refractivity contribution in [3.8, 4) is 0 Å². The molecule has 5 nitrogen and oxygen atoms in total. The summed E-state index contributed by atoms with van der Waals surface area (Å²) in [5, 5.41) is 20.8. The van der Waals surface area contributed by atoms with E-state index in [2.05, 4.69) is 4.74 Å². The third-order valence-electron chi connectivity index (χ3n) is 3.54. The van der Waals surface area contributed by atoms with Crippen molar-refractivity contribution in [3.05, 3.63) is 47.0 Å². The lowest BCUT2D eigenvalue weighted by Gasteiger charge is -2.21. The summed E-state index contributed by atoms with van der Waals surface area (Å²) in [6.45, 7) is 0. The van der Waals surface area contributed by atoms with Gasteiger partial charge in [-0.05, 0) is 23.1 Å².